The monoisotopic (exact) mass is 273 g/mol. The fourth-order valence-electron chi connectivity index (χ4n) is 1.84. The number of carbonyl (C=O) groups excluding carboxylic acids is 1. The third kappa shape index (κ3) is 3.15. The van der Waals surface area contributed by atoms with Crippen molar-refractivity contribution in [2.24, 2.45) is 0 Å². The first-order valence-electron chi connectivity index (χ1n) is 6.10. The van der Waals surface area contributed by atoms with Crippen molar-refractivity contribution in [1.29, 1.82) is 0 Å². The number of alkyl halides is 1. The van der Waals surface area contributed by atoms with E-state index in [1.807, 2.05) is 73.6 Å². The molecule has 0 aliphatic rings. The molecule has 0 heterocycles. The molecule has 1 unspecified atom stereocenters. The zero-order valence-corrected chi connectivity index (χ0v) is 11.8. The fourth-order valence-corrected chi connectivity index (χ4v) is 2.12. The molecule has 0 saturated heterocycles. The van der Waals surface area contributed by atoms with Crippen LogP contribution in [0.25, 0.3) is 0 Å². The van der Waals surface area contributed by atoms with Gasteiger partial charge >= 0.3 is 0 Å². The van der Waals surface area contributed by atoms with E-state index in [4.69, 9.17) is 11.6 Å². The van der Waals surface area contributed by atoms with E-state index in [-0.39, 0.29) is 5.78 Å². The predicted molar refractivity (Wildman–Crippen MR) is 80.1 cm³/mol. The molecule has 1 atom stereocenters. The molecule has 0 fully saturated rings. The zero-order valence-electron chi connectivity index (χ0n) is 11.0. The summed E-state index contributed by atoms with van der Waals surface area (Å²) < 4.78 is 0. The Kier molecular flexibility index (Phi) is 4.23. The summed E-state index contributed by atoms with van der Waals surface area (Å²) in [4.78, 5) is 14.3. The van der Waals surface area contributed by atoms with Crippen molar-refractivity contribution in [3.8, 4) is 0 Å². The average molecular weight is 274 g/mol. The molecule has 0 aromatic heterocycles. The van der Waals surface area contributed by atoms with Crippen LogP contribution in [0.15, 0.2) is 54.6 Å². The number of carbonyl (C=O) groups is 1. The molecule has 19 heavy (non-hydrogen) atoms. The summed E-state index contributed by atoms with van der Waals surface area (Å²) in [7, 11) is 3.93. The number of Topliss-reactive ketones (excluding diaryl/α,β-unsaturated/α-hetero) is 1. The van der Waals surface area contributed by atoms with Crippen molar-refractivity contribution in [3.63, 3.8) is 0 Å². The number of halogens is 1. The van der Waals surface area contributed by atoms with E-state index in [2.05, 4.69) is 0 Å². The van der Waals surface area contributed by atoms with Crippen LogP contribution < -0.4 is 4.90 Å². The highest BCUT2D eigenvalue weighted by molar-refractivity contribution is 6.33. The number of anilines is 1. The summed E-state index contributed by atoms with van der Waals surface area (Å²) in [5.41, 5.74) is 2.52. The van der Waals surface area contributed by atoms with E-state index in [9.17, 15) is 4.79 Å². The maximum atomic E-state index is 12.3. The molecule has 2 aromatic rings. The van der Waals surface area contributed by atoms with Gasteiger partial charge in [0.25, 0.3) is 0 Å². The van der Waals surface area contributed by atoms with E-state index < -0.39 is 5.38 Å². The summed E-state index contributed by atoms with van der Waals surface area (Å²) in [5, 5.41) is -0.633. The molecule has 0 bridgehead atoms. The maximum absolute atomic E-state index is 12.3. The summed E-state index contributed by atoms with van der Waals surface area (Å²) in [6.45, 7) is 0. The second kappa shape index (κ2) is 5.89. The number of hydrogen-bond donors (Lipinski definition) is 0. The average Bonchev–Trinajstić information content (AvgIpc) is 2.46. The normalized spacial score (nSPS) is 11.9. The van der Waals surface area contributed by atoms with Crippen LogP contribution in [-0.4, -0.2) is 19.9 Å². The third-order valence-electron chi connectivity index (χ3n) is 2.99. The van der Waals surface area contributed by atoms with Crippen LogP contribution in [0, 0.1) is 0 Å². The minimum atomic E-state index is -0.633. The van der Waals surface area contributed by atoms with E-state index in [0.717, 1.165) is 11.3 Å². The molecule has 98 valence electrons. The van der Waals surface area contributed by atoms with Crippen molar-refractivity contribution in [2.45, 2.75) is 5.38 Å². The van der Waals surface area contributed by atoms with E-state index in [0.29, 0.717) is 5.56 Å². The van der Waals surface area contributed by atoms with Crippen LogP contribution in [0.3, 0.4) is 0 Å². The molecule has 0 aliphatic heterocycles. The molecule has 2 nitrogen and oxygen atoms in total. The third-order valence-corrected chi connectivity index (χ3v) is 3.44. The highest BCUT2D eigenvalue weighted by Crippen LogP contribution is 2.25. The number of hydrogen-bond acceptors (Lipinski definition) is 2. The number of benzene rings is 2. The summed E-state index contributed by atoms with van der Waals surface area (Å²) in [5.74, 6) is -0.0711. The van der Waals surface area contributed by atoms with Gasteiger partial charge in [0.15, 0.2) is 5.78 Å². The van der Waals surface area contributed by atoms with Gasteiger partial charge < -0.3 is 4.90 Å². The minimum absolute atomic E-state index is 0.0711. The lowest BCUT2D eigenvalue weighted by Gasteiger charge is -2.13. The zero-order chi connectivity index (χ0) is 13.8. The van der Waals surface area contributed by atoms with Gasteiger partial charge in [-0.3, -0.25) is 4.79 Å². The second-order valence-corrected chi connectivity index (χ2v) is 5.02. The van der Waals surface area contributed by atoms with Gasteiger partial charge in [-0.1, -0.05) is 30.3 Å². The predicted octanol–water partition coefficient (Wildman–Crippen LogP) is 3.92. The lowest BCUT2D eigenvalue weighted by Crippen LogP contribution is -2.10. The van der Waals surface area contributed by atoms with Crippen molar-refractivity contribution in [1.82, 2.24) is 0 Å². The maximum Gasteiger partial charge on any atom is 0.185 e. The molecule has 2 aromatic carbocycles. The molecule has 0 aliphatic carbocycles. The van der Waals surface area contributed by atoms with Gasteiger partial charge in [-0.15, -0.1) is 11.6 Å². The first-order chi connectivity index (χ1) is 9.09. The molecule has 0 spiro atoms. The van der Waals surface area contributed by atoms with Crippen LogP contribution in [0.5, 0.6) is 0 Å². The molecular formula is C16H16ClNO. The molecule has 3 heteroatoms. The van der Waals surface area contributed by atoms with Crippen molar-refractivity contribution >= 4 is 23.1 Å². The molecule has 2 rings (SSSR count). The lowest BCUT2D eigenvalue weighted by atomic mass is 10.0. The van der Waals surface area contributed by atoms with Gasteiger partial charge in [0, 0.05) is 25.3 Å². The fraction of sp³-hybridized carbons (Fsp3) is 0.188. The highest BCUT2D eigenvalue weighted by atomic mass is 35.5. The first kappa shape index (κ1) is 13.6. The molecule has 0 saturated carbocycles. The van der Waals surface area contributed by atoms with Gasteiger partial charge in [0.2, 0.25) is 0 Å². The SMILES string of the molecule is CN(C)c1ccc(C(=O)C(Cl)c2ccccc2)cc1. The van der Waals surface area contributed by atoms with E-state index in [1.54, 1.807) is 0 Å². The first-order valence-corrected chi connectivity index (χ1v) is 6.54. The van der Waals surface area contributed by atoms with Crippen molar-refractivity contribution in [3.05, 3.63) is 65.7 Å². The van der Waals surface area contributed by atoms with Gasteiger partial charge in [0.05, 0.1) is 0 Å². The lowest BCUT2D eigenvalue weighted by molar-refractivity contribution is 0.0987. The quantitative estimate of drug-likeness (QED) is 0.622. The van der Waals surface area contributed by atoms with Crippen molar-refractivity contribution < 1.29 is 4.79 Å². The standard InChI is InChI=1S/C16H16ClNO/c1-18(2)14-10-8-13(9-11-14)16(19)15(17)12-6-4-3-5-7-12/h3-11,15H,1-2H3. The number of ketones is 1. The Morgan fingerprint density at radius 1 is 1.00 bits per heavy atom. The van der Waals surface area contributed by atoms with Crippen LogP contribution in [0.1, 0.15) is 21.3 Å². The van der Waals surface area contributed by atoms with Gasteiger partial charge in [0.1, 0.15) is 5.38 Å². The largest absolute Gasteiger partial charge is 0.378 e. The topological polar surface area (TPSA) is 20.3 Å². The summed E-state index contributed by atoms with van der Waals surface area (Å²) in [6, 6.07) is 16.9. The van der Waals surface area contributed by atoms with E-state index >= 15 is 0 Å². The Labute approximate surface area is 118 Å². The molecule has 0 N–H and O–H groups in total. The Bertz CT molecular complexity index is 549. The number of nitrogens with zero attached hydrogens (tertiary/aromatic N) is 1. The smallest absolute Gasteiger partial charge is 0.185 e. The second-order valence-electron chi connectivity index (χ2n) is 4.58. The van der Waals surface area contributed by atoms with Crippen LogP contribution >= 0.6 is 11.6 Å². The Hall–Kier alpha value is -1.80. The number of rotatable bonds is 4. The summed E-state index contributed by atoms with van der Waals surface area (Å²) in [6.07, 6.45) is 0. The molecule has 0 radical (unpaired) electrons. The highest BCUT2D eigenvalue weighted by Gasteiger charge is 2.18. The van der Waals surface area contributed by atoms with Crippen molar-refractivity contribution in [2.75, 3.05) is 19.0 Å². The van der Waals surface area contributed by atoms with Crippen LogP contribution in [-0.2, 0) is 0 Å². The Morgan fingerprint density at radius 2 is 1.58 bits per heavy atom. The minimum Gasteiger partial charge on any atom is -0.378 e. The van der Waals surface area contributed by atoms with Crippen LogP contribution in [0.2, 0.25) is 0 Å². The van der Waals surface area contributed by atoms with Crippen LogP contribution in [0.4, 0.5) is 5.69 Å². The Balaban J connectivity index is 2.20. The van der Waals surface area contributed by atoms with Gasteiger partial charge in [-0.25, -0.2) is 0 Å². The Morgan fingerprint density at radius 3 is 2.11 bits per heavy atom. The van der Waals surface area contributed by atoms with Gasteiger partial charge in [-0.05, 0) is 29.8 Å². The van der Waals surface area contributed by atoms with E-state index in [1.165, 1.54) is 0 Å². The van der Waals surface area contributed by atoms with Gasteiger partial charge in [-0.2, -0.15) is 0 Å². The summed E-state index contributed by atoms with van der Waals surface area (Å²) >= 11 is 6.23. The molecular weight excluding hydrogens is 258 g/mol. The molecule has 0 amide bonds.